The second-order valence-corrected chi connectivity index (χ2v) is 7.79. The van der Waals surface area contributed by atoms with Gasteiger partial charge in [0.2, 0.25) is 11.9 Å². The summed E-state index contributed by atoms with van der Waals surface area (Å²) < 4.78 is 9.37. The molecule has 3 heterocycles. The molecule has 0 spiro atoms. The van der Waals surface area contributed by atoms with Gasteiger partial charge in [0.1, 0.15) is 23.6 Å². The molecule has 0 saturated carbocycles. The van der Waals surface area contributed by atoms with Gasteiger partial charge in [0, 0.05) is 18.7 Å². The van der Waals surface area contributed by atoms with E-state index in [1.807, 2.05) is 18.4 Å². The Labute approximate surface area is 188 Å². The van der Waals surface area contributed by atoms with Crippen LogP contribution >= 0.6 is 0 Å². The third-order valence-electron chi connectivity index (χ3n) is 5.48. The zero-order valence-electron chi connectivity index (χ0n) is 18.3. The van der Waals surface area contributed by atoms with Gasteiger partial charge >= 0.3 is 6.09 Å². The number of amides is 3. The molecule has 174 valence electrons. The van der Waals surface area contributed by atoms with Crippen LogP contribution in [-0.2, 0) is 6.54 Å². The number of nitrogens with two attached hydrogens (primary N) is 1. The number of carboxylic acid groups (broad SMARTS) is 1. The molecule has 1 aliphatic heterocycles. The van der Waals surface area contributed by atoms with Crippen LogP contribution in [0.5, 0.6) is 5.75 Å². The number of primary amides is 1. The number of aromatic nitrogens is 4. The van der Waals surface area contributed by atoms with Gasteiger partial charge in [-0.15, -0.1) is 0 Å². The lowest BCUT2D eigenvalue weighted by molar-refractivity contribution is 0.0995. The molecule has 5 N–H and O–H groups in total. The predicted molar refractivity (Wildman–Crippen MR) is 119 cm³/mol. The summed E-state index contributed by atoms with van der Waals surface area (Å²) in [7, 11) is 0. The molecule has 12 heteroatoms. The topological polar surface area (TPSA) is 166 Å². The van der Waals surface area contributed by atoms with E-state index in [1.165, 1.54) is 0 Å². The van der Waals surface area contributed by atoms with E-state index in [0.717, 1.165) is 5.69 Å². The number of nitrogens with one attached hydrogen (secondary N) is 2. The first kappa shape index (κ1) is 22.1. The number of ether oxygens (including phenoxy) is 1. The molecule has 0 saturated heterocycles. The van der Waals surface area contributed by atoms with Crippen LogP contribution in [0.3, 0.4) is 0 Å². The van der Waals surface area contributed by atoms with Gasteiger partial charge in [-0.25, -0.2) is 9.78 Å². The molecule has 0 aliphatic carbocycles. The lowest BCUT2D eigenvalue weighted by Crippen LogP contribution is -2.28. The van der Waals surface area contributed by atoms with Crippen molar-refractivity contribution in [1.29, 1.82) is 0 Å². The van der Waals surface area contributed by atoms with Gasteiger partial charge in [-0.3, -0.25) is 19.6 Å². The van der Waals surface area contributed by atoms with Crippen LogP contribution in [0, 0.1) is 6.92 Å². The van der Waals surface area contributed by atoms with E-state index in [4.69, 9.17) is 15.6 Å². The molecular weight excluding hydrogens is 430 g/mol. The van der Waals surface area contributed by atoms with E-state index in [9.17, 15) is 14.4 Å². The Balaban J connectivity index is 1.71. The van der Waals surface area contributed by atoms with Gasteiger partial charge in [-0.2, -0.15) is 5.10 Å². The zero-order chi connectivity index (χ0) is 23.7. The largest absolute Gasteiger partial charge is 0.489 e. The van der Waals surface area contributed by atoms with E-state index >= 15 is 0 Å². The summed E-state index contributed by atoms with van der Waals surface area (Å²) in [5.74, 6) is -0.220. The number of aryl methyl sites for hydroxylation is 2. The van der Waals surface area contributed by atoms with E-state index in [2.05, 4.69) is 20.7 Å². The molecule has 12 nitrogen and oxygen atoms in total. The fraction of sp³-hybridized carbons (Fsp3) is 0.381. The monoisotopic (exact) mass is 455 g/mol. The SMILES string of the molecule is CCn1nc(C)cc1C(=O)Nc1nc2cc(C(N)=O)cc3c2n1[C@@H](CCCNC(=O)O)CO3. The first-order valence-corrected chi connectivity index (χ1v) is 10.6. The number of hydrogen-bond acceptors (Lipinski definition) is 6. The number of carbonyl (C=O) groups is 3. The highest BCUT2D eigenvalue weighted by atomic mass is 16.5. The molecule has 0 bridgehead atoms. The summed E-state index contributed by atoms with van der Waals surface area (Å²) in [5.41, 5.74) is 7.93. The summed E-state index contributed by atoms with van der Waals surface area (Å²) in [6.07, 6.45) is 0.0571. The third-order valence-corrected chi connectivity index (χ3v) is 5.48. The Hall–Kier alpha value is -4.09. The fourth-order valence-electron chi connectivity index (χ4n) is 4.03. The Morgan fingerprint density at radius 2 is 2.09 bits per heavy atom. The van der Waals surface area contributed by atoms with Crippen LogP contribution in [0.2, 0.25) is 0 Å². The summed E-state index contributed by atoms with van der Waals surface area (Å²) in [5, 5.41) is 18.3. The van der Waals surface area contributed by atoms with Crippen LogP contribution in [0.1, 0.15) is 52.3 Å². The second kappa shape index (κ2) is 8.81. The minimum absolute atomic E-state index is 0.203. The van der Waals surface area contributed by atoms with Crippen molar-refractivity contribution >= 4 is 34.9 Å². The molecule has 1 aliphatic rings. The number of anilines is 1. The van der Waals surface area contributed by atoms with E-state index < -0.39 is 12.0 Å². The van der Waals surface area contributed by atoms with Crippen molar-refractivity contribution in [3.63, 3.8) is 0 Å². The van der Waals surface area contributed by atoms with Gasteiger partial charge in [-0.05, 0) is 44.9 Å². The summed E-state index contributed by atoms with van der Waals surface area (Å²) in [6.45, 7) is 4.79. The number of hydrogen-bond donors (Lipinski definition) is 4. The van der Waals surface area contributed by atoms with Crippen molar-refractivity contribution < 1.29 is 24.2 Å². The number of imidazole rings is 1. The second-order valence-electron chi connectivity index (χ2n) is 7.79. The third kappa shape index (κ3) is 4.31. The Morgan fingerprint density at radius 1 is 1.30 bits per heavy atom. The number of benzene rings is 1. The molecule has 0 radical (unpaired) electrons. The maximum Gasteiger partial charge on any atom is 0.404 e. The number of nitrogens with zero attached hydrogens (tertiary/aromatic N) is 4. The highest BCUT2D eigenvalue weighted by Gasteiger charge is 2.29. The molecule has 4 rings (SSSR count). The van der Waals surface area contributed by atoms with Gasteiger partial charge in [-0.1, -0.05) is 0 Å². The van der Waals surface area contributed by atoms with Crippen LogP contribution in [-0.4, -0.2) is 55.5 Å². The molecule has 1 aromatic carbocycles. The Bertz CT molecular complexity index is 1250. The molecule has 0 fully saturated rings. The number of rotatable bonds is 8. The molecule has 3 amide bonds. The van der Waals surface area contributed by atoms with Crippen molar-refractivity contribution in [2.75, 3.05) is 18.5 Å². The van der Waals surface area contributed by atoms with Crippen molar-refractivity contribution in [2.45, 2.75) is 39.3 Å². The standard InChI is InChI=1S/C21H25N7O5/c1-3-27-15(7-11(2)26-27)19(30)25-20-24-14-8-12(18(22)29)9-16-17(14)28(20)13(10-33-16)5-4-6-23-21(31)32/h7-9,13,23H,3-6,10H2,1-2H3,(H2,22,29)(H,31,32)(H,24,25,30)/t13-/m0/s1. The fourth-order valence-corrected chi connectivity index (χ4v) is 4.03. The van der Waals surface area contributed by atoms with E-state index in [0.29, 0.717) is 47.8 Å². The molecule has 3 aromatic rings. The Kier molecular flexibility index (Phi) is 5.90. The lowest BCUT2D eigenvalue weighted by Gasteiger charge is -2.27. The maximum absolute atomic E-state index is 13.1. The van der Waals surface area contributed by atoms with Crippen LogP contribution in [0.4, 0.5) is 10.7 Å². The highest BCUT2D eigenvalue weighted by Crippen LogP contribution is 2.38. The van der Waals surface area contributed by atoms with Crippen LogP contribution in [0.25, 0.3) is 11.0 Å². The van der Waals surface area contributed by atoms with Gasteiger partial charge < -0.3 is 25.5 Å². The Morgan fingerprint density at radius 3 is 2.79 bits per heavy atom. The first-order valence-electron chi connectivity index (χ1n) is 10.6. The van der Waals surface area contributed by atoms with Gasteiger partial charge in [0.25, 0.3) is 5.91 Å². The average Bonchev–Trinajstić information content (AvgIpc) is 3.33. The van der Waals surface area contributed by atoms with E-state index in [-0.39, 0.29) is 30.7 Å². The van der Waals surface area contributed by atoms with Gasteiger partial charge in [0.05, 0.1) is 17.3 Å². The number of carbonyl (C=O) groups excluding carboxylic acids is 2. The van der Waals surface area contributed by atoms with Crippen molar-refractivity contribution in [3.8, 4) is 5.75 Å². The minimum atomic E-state index is -1.08. The van der Waals surface area contributed by atoms with Crippen LogP contribution in [0.15, 0.2) is 18.2 Å². The maximum atomic E-state index is 13.1. The normalized spacial score (nSPS) is 14.7. The molecule has 2 aromatic heterocycles. The summed E-state index contributed by atoms with van der Waals surface area (Å²) in [4.78, 5) is 40.1. The van der Waals surface area contributed by atoms with Crippen molar-refractivity contribution in [2.24, 2.45) is 5.73 Å². The summed E-state index contributed by atoms with van der Waals surface area (Å²) >= 11 is 0. The molecule has 33 heavy (non-hydrogen) atoms. The van der Waals surface area contributed by atoms with Gasteiger partial charge in [0.15, 0.2) is 0 Å². The zero-order valence-corrected chi connectivity index (χ0v) is 18.3. The average molecular weight is 455 g/mol. The van der Waals surface area contributed by atoms with Crippen LogP contribution < -0.4 is 21.1 Å². The molecular formula is C21H25N7O5. The summed E-state index contributed by atoms with van der Waals surface area (Å²) in [6, 6.07) is 4.62. The minimum Gasteiger partial charge on any atom is -0.489 e. The first-order chi connectivity index (χ1) is 15.8. The van der Waals surface area contributed by atoms with E-state index in [1.54, 1.807) is 22.9 Å². The van der Waals surface area contributed by atoms with Crippen molar-refractivity contribution in [1.82, 2.24) is 24.6 Å². The molecule has 1 atom stereocenters. The lowest BCUT2D eigenvalue weighted by atomic mass is 10.1. The molecule has 0 unspecified atom stereocenters. The quantitative estimate of drug-likeness (QED) is 0.376. The predicted octanol–water partition coefficient (Wildman–Crippen LogP) is 1.89. The highest BCUT2D eigenvalue weighted by molar-refractivity contribution is 6.04. The van der Waals surface area contributed by atoms with Crippen molar-refractivity contribution in [3.05, 3.63) is 35.2 Å². The smallest absolute Gasteiger partial charge is 0.404 e.